The quantitative estimate of drug-likeness (QED) is 0.654. The van der Waals surface area contributed by atoms with Gasteiger partial charge in [0.25, 0.3) is 0 Å². The van der Waals surface area contributed by atoms with Crippen molar-refractivity contribution in [2.75, 3.05) is 11.9 Å². The van der Waals surface area contributed by atoms with Gasteiger partial charge in [0.2, 0.25) is 0 Å². The van der Waals surface area contributed by atoms with Gasteiger partial charge in [-0.3, -0.25) is 0 Å². The highest BCUT2D eigenvalue weighted by atomic mass is 16.5. The number of anilines is 1. The lowest BCUT2D eigenvalue weighted by atomic mass is 10.2. The zero-order valence-electron chi connectivity index (χ0n) is 7.55. The molecule has 68 valence electrons. The topological polar surface area (TPSA) is 21.3 Å². The number of hydrogen-bond acceptors (Lipinski definition) is 2. The summed E-state index contributed by atoms with van der Waals surface area (Å²) in [5, 5.41) is 3.24. The molecule has 2 rings (SSSR count). The first-order valence-corrected chi connectivity index (χ1v) is 4.53. The average molecular weight is 175 g/mol. The predicted octanol–water partition coefficient (Wildman–Crippen LogP) is 2.78. The first kappa shape index (κ1) is 8.17. The molecule has 0 atom stereocenters. The number of ether oxygens (including phenoxy) is 1. The number of nitrogens with one attached hydrogen (secondary N) is 1. The van der Waals surface area contributed by atoms with Gasteiger partial charge in [-0.2, -0.15) is 0 Å². The van der Waals surface area contributed by atoms with Crippen molar-refractivity contribution in [1.82, 2.24) is 0 Å². The molecule has 1 aromatic rings. The molecule has 0 fully saturated rings. The number of fused-ring (bicyclic) bond motifs is 1. The van der Waals surface area contributed by atoms with Crippen LogP contribution in [0.25, 0.3) is 0 Å². The van der Waals surface area contributed by atoms with Crippen LogP contribution >= 0.6 is 0 Å². The monoisotopic (exact) mass is 175 g/mol. The minimum Gasteiger partial charge on any atom is -0.491 e. The standard InChI is InChI=1S/C11H13NO/c1-9-5-4-8-13-11-7-3-2-6-10(11)12-9/h2-3,6-7,12H,1,4-5,8H2. The highest BCUT2D eigenvalue weighted by Crippen LogP contribution is 2.27. The first-order chi connectivity index (χ1) is 6.36. The minimum atomic E-state index is 0.776. The van der Waals surface area contributed by atoms with Crippen LogP contribution in [0.15, 0.2) is 36.5 Å². The molecule has 1 aliphatic rings. The van der Waals surface area contributed by atoms with Crippen molar-refractivity contribution in [3.05, 3.63) is 36.5 Å². The summed E-state index contributed by atoms with van der Waals surface area (Å²) in [5.74, 6) is 0.920. The molecule has 0 radical (unpaired) electrons. The van der Waals surface area contributed by atoms with Crippen LogP contribution in [0.5, 0.6) is 5.75 Å². The van der Waals surface area contributed by atoms with E-state index in [9.17, 15) is 0 Å². The molecule has 2 nitrogen and oxygen atoms in total. The normalized spacial score (nSPS) is 16.2. The second kappa shape index (κ2) is 3.52. The summed E-state index contributed by atoms with van der Waals surface area (Å²) in [7, 11) is 0. The highest BCUT2D eigenvalue weighted by molar-refractivity contribution is 5.59. The van der Waals surface area contributed by atoms with Gasteiger partial charge in [-0.15, -0.1) is 0 Å². The van der Waals surface area contributed by atoms with Gasteiger partial charge < -0.3 is 10.1 Å². The molecular formula is C11H13NO. The Morgan fingerprint density at radius 1 is 1.31 bits per heavy atom. The van der Waals surface area contributed by atoms with Crippen LogP contribution in [0.4, 0.5) is 5.69 Å². The third-order valence-corrected chi connectivity index (χ3v) is 2.08. The SMILES string of the molecule is C=C1CCCOc2ccccc2N1. The molecular weight excluding hydrogens is 162 g/mol. The van der Waals surface area contributed by atoms with Crippen molar-refractivity contribution in [3.63, 3.8) is 0 Å². The largest absolute Gasteiger partial charge is 0.491 e. The lowest BCUT2D eigenvalue weighted by Gasteiger charge is -2.17. The number of para-hydroxylation sites is 2. The number of rotatable bonds is 0. The molecule has 13 heavy (non-hydrogen) atoms. The lowest BCUT2D eigenvalue weighted by molar-refractivity contribution is 0.310. The molecule has 0 aromatic heterocycles. The smallest absolute Gasteiger partial charge is 0.142 e. The van der Waals surface area contributed by atoms with Crippen LogP contribution in [0.3, 0.4) is 0 Å². The second-order valence-corrected chi connectivity index (χ2v) is 3.18. The Morgan fingerprint density at radius 2 is 2.15 bits per heavy atom. The van der Waals surface area contributed by atoms with E-state index >= 15 is 0 Å². The number of hydrogen-bond donors (Lipinski definition) is 1. The van der Waals surface area contributed by atoms with E-state index in [4.69, 9.17) is 4.74 Å². The third kappa shape index (κ3) is 1.83. The van der Waals surface area contributed by atoms with Gasteiger partial charge in [0, 0.05) is 5.70 Å². The Morgan fingerprint density at radius 3 is 3.08 bits per heavy atom. The molecule has 0 unspecified atom stereocenters. The van der Waals surface area contributed by atoms with E-state index < -0.39 is 0 Å². The zero-order chi connectivity index (χ0) is 9.10. The molecule has 1 heterocycles. The Kier molecular flexibility index (Phi) is 2.21. The fourth-order valence-corrected chi connectivity index (χ4v) is 1.42. The summed E-state index contributed by atoms with van der Waals surface area (Å²) in [6, 6.07) is 7.95. The van der Waals surface area contributed by atoms with Crippen LogP contribution < -0.4 is 10.1 Å². The predicted molar refractivity (Wildman–Crippen MR) is 53.9 cm³/mol. The van der Waals surface area contributed by atoms with Gasteiger partial charge in [0.05, 0.1) is 12.3 Å². The fourth-order valence-electron chi connectivity index (χ4n) is 1.42. The summed E-state index contributed by atoms with van der Waals surface area (Å²) in [6.45, 7) is 4.72. The van der Waals surface area contributed by atoms with Crippen LogP contribution in [0.2, 0.25) is 0 Å². The Balaban J connectivity index is 2.30. The molecule has 0 bridgehead atoms. The Hall–Kier alpha value is -1.44. The molecule has 0 saturated carbocycles. The molecule has 0 aliphatic carbocycles. The number of benzene rings is 1. The van der Waals surface area contributed by atoms with E-state index in [1.54, 1.807) is 0 Å². The fraction of sp³-hybridized carbons (Fsp3) is 0.273. The maximum Gasteiger partial charge on any atom is 0.142 e. The Labute approximate surface area is 78.2 Å². The van der Waals surface area contributed by atoms with E-state index in [2.05, 4.69) is 11.9 Å². The van der Waals surface area contributed by atoms with E-state index in [-0.39, 0.29) is 0 Å². The van der Waals surface area contributed by atoms with Gasteiger partial charge in [-0.05, 0) is 25.0 Å². The molecule has 2 heteroatoms. The van der Waals surface area contributed by atoms with Gasteiger partial charge >= 0.3 is 0 Å². The summed E-state index contributed by atoms with van der Waals surface area (Å²) in [4.78, 5) is 0. The molecule has 1 aromatic carbocycles. The van der Waals surface area contributed by atoms with Gasteiger partial charge in [-0.1, -0.05) is 18.7 Å². The van der Waals surface area contributed by atoms with Crippen LogP contribution in [0, 0.1) is 0 Å². The van der Waals surface area contributed by atoms with E-state index in [1.165, 1.54) is 0 Å². The summed E-state index contributed by atoms with van der Waals surface area (Å²) in [6.07, 6.45) is 2.01. The van der Waals surface area contributed by atoms with Crippen molar-refractivity contribution in [2.24, 2.45) is 0 Å². The minimum absolute atomic E-state index is 0.776. The van der Waals surface area contributed by atoms with Gasteiger partial charge in [-0.25, -0.2) is 0 Å². The van der Waals surface area contributed by atoms with Crippen molar-refractivity contribution < 1.29 is 4.74 Å². The van der Waals surface area contributed by atoms with Crippen LogP contribution in [-0.4, -0.2) is 6.61 Å². The molecule has 0 saturated heterocycles. The number of allylic oxidation sites excluding steroid dienone is 1. The van der Waals surface area contributed by atoms with Crippen molar-refractivity contribution >= 4 is 5.69 Å². The van der Waals surface area contributed by atoms with E-state index in [0.29, 0.717) is 0 Å². The maximum absolute atomic E-state index is 5.57. The second-order valence-electron chi connectivity index (χ2n) is 3.18. The Bertz CT molecular complexity index is 320. The van der Waals surface area contributed by atoms with E-state index in [0.717, 1.165) is 36.6 Å². The van der Waals surface area contributed by atoms with Crippen molar-refractivity contribution in [2.45, 2.75) is 12.8 Å². The highest BCUT2D eigenvalue weighted by Gasteiger charge is 2.06. The molecule has 0 spiro atoms. The van der Waals surface area contributed by atoms with Gasteiger partial charge in [0.1, 0.15) is 5.75 Å². The summed E-state index contributed by atoms with van der Waals surface area (Å²) < 4.78 is 5.57. The lowest BCUT2D eigenvalue weighted by Crippen LogP contribution is -2.08. The van der Waals surface area contributed by atoms with Crippen LogP contribution in [0.1, 0.15) is 12.8 Å². The molecule has 0 amide bonds. The summed E-state index contributed by atoms with van der Waals surface area (Å²) >= 11 is 0. The zero-order valence-corrected chi connectivity index (χ0v) is 7.55. The van der Waals surface area contributed by atoms with Crippen molar-refractivity contribution in [3.8, 4) is 5.75 Å². The van der Waals surface area contributed by atoms with Gasteiger partial charge in [0.15, 0.2) is 0 Å². The third-order valence-electron chi connectivity index (χ3n) is 2.08. The summed E-state index contributed by atoms with van der Waals surface area (Å²) in [5.41, 5.74) is 2.09. The first-order valence-electron chi connectivity index (χ1n) is 4.53. The van der Waals surface area contributed by atoms with E-state index in [1.807, 2.05) is 24.3 Å². The molecule has 1 N–H and O–H groups in total. The molecule has 1 aliphatic heterocycles. The van der Waals surface area contributed by atoms with Crippen molar-refractivity contribution in [1.29, 1.82) is 0 Å². The average Bonchev–Trinajstić information content (AvgIpc) is 2.11. The van der Waals surface area contributed by atoms with Crippen LogP contribution in [-0.2, 0) is 0 Å². The maximum atomic E-state index is 5.57.